The van der Waals surface area contributed by atoms with Gasteiger partial charge in [0.25, 0.3) is 0 Å². The highest BCUT2D eigenvalue weighted by Gasteiger charge is 2.52. The number of hydrogen-bond donors (Lipinski definition) is 4. The Morgan fingerprint density at radius 3 is 2.38 bits per heavy atom. The van der Waals surface area contributed by atoms with E-state index in [9.17, 15) is 29.7 Å². The maximum atomic E-state index is 12.3. The molecule has 216 valence electrons. The zero-order valence-electron chi connectivity index (χ0n) is 23.1. The van der Waals surface area contributed by atoms with Crippen LogP contribution in [0.4, 0.5) is 0 Å². The predicted molar refractivity (Wildman–Crippen MR) is 153 cm³/mol. The van der Waals surface area contributed by atoms with Gasteiger partial charge >= 0.3 is 17.9 Å². The molecule has 10 heteroatoms. The Hall–Kier alpha value is -3.47. The Morgan fingerprint density at radius 2 is 1.77 bits per heavy atom. The molecule has 0 radical (unpaired) electrons. The molecule has 0 aliphatic carbocycles. The fourth-order valence-electron chi connectivity index (χ4n) is 4.84. The molecule has 0 spiro atoms. The number of ether oxygens (including phenoxy) is 2. The Bertz CT molecular complexity index is 1350. The molecule has 5 N–H and O–H groups in total. The van der Waals surface area contributed by atoms with Crippen LogP contribution in [0.25, 0.3) is 10.8 Å². The summed E-state index contributed by atoms with van der Waals surface area (Å²) >= 11 is 1.47. The Morgan fingerprint density at radius 1 is 1.05 bits per heavy atom. The SMILES string of the molecule is CCCc1ccc2c(OC(CC(N)OC(CC(=O)O)(C(=O)O)C(C)C(=O)O)c3sccc3C(C)C)cccc2c1. The first kappa shape index (κ1) is 31.1. The average molecular weight is 572 g/mol. The van der Waals surface area contributed by atoms with Gasteiger partial charge in [-0.25, -0.2) is 4.79 Å². The number of thiophene rings is 1. The van der Waals surface area contributed by atoms with Crippen molar-refractivity contribution in [2.24, 2.45) is 11.7 Å². The van der Waals surface area contributed by atoms with Crippen LogP contribution in [0, 0.1) is 5.92 Å². The van der Waals surface area contributed by atoms with Crippen molar-refractivity contribution in [3.63, 3.8) is 0 Å². The van der Waals surface area contributed by atoms with Gasteiger partial charge in [0, 0.05) is 16.7 Å². The third-order valence-electron chi connectivity index (χ3n) is 7.01. The van der Waals surface area contributed by atoms with Gasteiger partial charge in [0.05, 0.1) is 12.3 Å². The summed E-state index contributed by atoms with van der Waals surface area (Å²) in [6, 6.07) is 14.0. The van der Waals surface area contributed by atoms with Gasteiger partial charge in [-0.3, -0.25) is 9.59 Å². The summed E-state index contributed by atoms with van der Waals surface area (Å²) in [5.74, 6) is -5.67. The largest absolute Gasteiger partial charge is 0.484 e. The predicted octanol–water partition coefficient (Wildman–Crippen LogP) is 5.81. The second-order valence-corrected chi connectivity index (χ2v) is 11.2. The van der Waals surface area contributed by atoms with Crippen LogP contribution in [-0.4, -0.2) is 45.1 Å². The van der Waals surface area contributed by atoms with Crippen molar-refractivity contribution in [2.45, 2.75) is 77.2 Å². The first-order chi connectivity index (χ1) is 18.9. The standard InChI is InChI=1S/C30H37NO8S/c1-5-7-19-10-11-22-20(14-19)8-6-9-23(22)38-24(27-21(17(2)3)12-13-40-27)15-25(31)39-30(29(36)37,16-26(32)33)18(4)28(34)35/h6,8-14,17-18,24-25H,5,7,15-16,31H2,1-4H3,(H,32,33)(H,34,35)(H,36,37). The number of fused-ring (bicyclic) bond motifs is 1. The number of aryl methyl sites for hydroxylation is 1. The number of benzene rings is 2. The van der Waals surface area contributed by atoms with Crippen molar-refractivity contribution >= 4 is 40.0 Å². The molecule has 0 saturated carbocycles. The van der Waals surface area contributed by atoms with Crippen molar-refractivity contribution < 1.29 is 39.2 Å². The van der Waals surface area contributed by atoms with E-state index in [0.29, 0.717) is 5.75 Å². The number of carboxylic acid groups (broad SMARTS) is 3. The molecule has 9 nitrogen and oxygen atoms in total. The van der Waals surface area contributed by atoms with E-state index in [1.165, 1.54) is 16.9 Å². The highest BCUT2D eigenvalue weighted by molar-refractivity contribution is 7.10. The van der Waals surface area contributed by atoms with Crippen LogP contribution < -0.4 is 10.5 Å². The van der Waals surface area contributed by atoms with Crippen molar-refractivity contribution in [3.8, 4) is 5.75 Å². The molecule has 2 aromatic carbocycles. The van der Waals surface area contributed by atoms with Crippen LogP contribution in [0.1, 0.15) is 75.0 Å². The maximum absolute atomic E-state index is 12.3. The zero-order chi connectivity index (χ0) is 29.6. The monoisotopic (exact) mass is 571 g/mol. The van der Waals surface area contributed by atoms with E-state index in [-0.39, 0.29) is 12.3 Å². The van der Waals surface area contributed by atoms with Gasteiger partial charge in [-0.1, -0.05) is 57.5 Å². The summed E-state index contributed by atoms with van der Waals surface area (Å²) in [6.45, 7) is 7.31. The van der Waals surface area contributed by atoms with Gasteiger partial charge in [0.1, 0.15) is 18.1 Å². The van der Waals surface area contributed by atoms with Crippen molar-refractivity contribution in [2.75, 3.05) is 0 Å². The molecule has 0 aliphatic heterocycles. The van der Waals surface area contributed by atoms with Crippen molar-refractivity contribution in [3.05, 3.63) is 63.8 Å². The fourth-order valence-corrected chi connectivity index (χ4v) is 5.94. The molecular formula is C30H37NO8S. The van der Waals surface area contributed by atoms with Crippen LogP contribution in [0.3, 0.4) is 0 Å². The first-order valence-electron chi connectivity index (χ1n) is 13.3. The van der Waals surface area contributed by atoms with E-state index < -0.39 is 48.2 Å². The lowest BCUT2D eigenvalue weighted by Gasteiger charge is -2.35. The van der Waals surface area contributed by atoms with Crippen LogP contribution in [0.2, 0.25) is 0 Å². The minimum Gasteiger partial charge on any atom is -0.484 e. The molecule has 0 saturated heterocycles. The summed E-state index contributed by atoms with van der Waals surface area (Å²) in [7, 11) is 0. The van der Waals surface area contributed by atoms with E-state index in [2.05, 4.69) is 19.1 Å². The van der Waals surface area contributed by atoms with E-state index in [0.717, 1.165) is 41.0 Å². The summed E-state index contributed by atoms with van der Waals surface area (Å²) in [5.41, 5.74) is 5.99. The van der Waals surface area contributed by atoms with E-state index >= 15 is 0 Å². The molecular weight excluding hydrogens is 534 g/mol. The lowest BCUT2D eigenvalue weighted by molar-refractivity contribution is -0.197. The second kappa shape index (κ2) is 13.3. The minimum atomic E-state index is -2.58. The van der Waals surface area contributed by atoms with Crippen LogP contribution in [0.5, 0.6) is 5.75 Å². The van der Waals surface area contributed by atoms with E-state index in [1.54, 1.807) is 0 Å². The van der Waals surface area contributed by atoms with E-state index in [4.69, 9.17) is 15.2 Å². The van der Waals surface area contributed by atoms with Crippen LogP contribution in [0.15, 0.2) is 47.8 Å². The van der Waals surface area contributed by atoms with Gasteiger partial charge in [0.15, 0.2) is 5.60 Å². The molecule has 3 rings (SSSR count). The summed E-state index contributed by atoms with van der Waals surface area (Å²) in [4.78, 5) is 36.5. The third kappa shape index (κ3) is 6.99. The lowest BCUT2D eigenvalue weighted by atomic mass is 9.85. The lowest BCUT2D eigenvalue weighted by Crippen LogP contribution is -2.55. The molecule has 4 atom stereocenters. The zero-order valence-corrected chi connectivity index (χ0v) is 23.9. The highest BCUT2D eigenvalue weighted by atomic mass is 32.1. The van der Waals surface area contributed by atoms with E-state index in [1.807, 2.05) is 49.6 Å². The van der Waals surface area contributed by atoms with Gasteiger partial charge in [0.2, 0.25) is 0 Å². The number of carboxylic acids is 3. The minimum absolute atomic E-state index is 0.0501. The van der Waals surface area contributed by atoms with Crippen molar-refractivity contribution in [1.82, 2.24) is 0 Å². The molecule has 1 heterocycles. The molecule has 0 fully saturated rings. The fraction of sp³-hybridized carbons (Fsp3) is 0.433. The summed E-state index contributed by atoms with van der Waals surface area (Å²) < 4.78 is 12.2. The number of carbonyl (C=O) groups is 3. The second-order valence-electron chi connectivity index (χ2n) is 10.3. The number of aliphatic carboxylic acids is 3. The van der Waals surface area contributed by atoms with Crippen LogP contribution in [-0.2, 0) is 25.5 Å². The molecule has 0 aliphatic rings. The van der Waals surface area contributed by atoms with Gasteiger partial charge in [-0.15, -0.1) is 11.3 Å². The molecule has 1 aromatic heterocycles. The summed E-state index contributed by atoms with van der Waals surface area (Å²) in [6.07, 6.45) is -1.17. The molecule has 3 aromatic rings. The van der Waals surface area contributed by atoms with Crippen LogP contribution >= 0.6 is 11.3 Å². The summed E-state index contributed by atoms with van der Waals surface area (Å²) in [5, 5.41) is 32.8. The Balaban J connectivity index is 2.01. The number of rotatable bonds is 15. The smallest absolute Gasteiger partial charge is 0.337 e. The topological polar surface area (TPSA) is 156 Å². The average Bonchev–Trinajstić information content (AvgIpc) is 3.37. The third-order valence-corrected chi connectivity index (χ3v) is 8.03. The van der Waals surface area contributed by atoms with Gasteiger partial charge in [-0.05, 0) is 53.3 Å². The molecule has 0 bridgehead atoms. The maximum Gasteiger partial charge on any atom is 0.337 e. The van der Waals surface area contributed by atoms with Gasteiger partial charge in [-0.2, -0.15) is 0 Å². The molecule has 40 heavy (non-hydrogen) atoms. The van der Waals surface area contributed by atoms with Gasteiger partial charge < -0.3 is 30.5 Å². The Labute approximate surface area is 237 Å². The normalized spacial score (nSPS) is 15.3. The molecule has 0 amide bonds. The highest BCUT2D eigenvalue weighted by Crippen LogP contribution is 2.39. The molecule has 4 unspecified atom stereocenters. The number of hydrogen-bond acceptors (Lipinski definition) is 7. The first-order valence-corrected chi connectivity index (χ1v) is 14.1. The number of nitrogens with two attached hydrogens (primary N) is 1. The Kier molecular flexibility index (Phi) is 10.3. The quantitative estimate of drug-likeness (QED) is 0.165. The van der Waals surface area contributed by atoms with Crippen molar-refractivity contribution in [1.29, 1.82) is 0 Å².